The SMILES string of the molecule is Cc1c(Br)cccc1-c1[nH]nc(N)c1-c1ccccc1. The van der Waals surface area contributed by atoms with Crippen LogP contribution in [-0.2, 0) is 0 Å². The number of nitrogen functional groups attached to an aromatic ring is 1. The molecule has 20 heavy (non-hydrogen) atoms. The lowest BCUT2D eigenvalue weighted by Gasteiger charge is -2.09. The molecule has 1 aromatic heterocycles. The maximum Gasteiger partial charge on any atom is 0.153 e. The molecule has 0 radical (unpaired) electrons. The Morgan fingerprint density at radius 3 is 2.55 bits per heavy atom. The summed E-state index contributed by atoms with van der Waals surface area (Å²) in [5.41, 5.74) is 11.3. The van der Waals surface area contributed by atoms with Gasteiger partial charge in [0.2, 0.25) is 0 Å². The fraction of sp³-hybridized carbons (Fsp3) is 0.0625. The zero-order valence-corrected chi connectivity index (χ0v) is 12.6. The number of nitrogens with two attached hydrogens (primary N) is 1. The first-order chi connectivity index (χ1) is 9.68. The van der Waals surface area contributed by atoms with Crippen molar-refractivity contribution in [1.82, 2.24) is 10.2 Å². The van der Waals surface area contributed by atoms with Crippen LogP contribution in [0.5, 0.6) is 0 Å². The minimum atomic E-state index is 0.519. The first-order valence-corrected chi connectivity index (χ1v) is 7.12. The molecule has 3 aromatic rings. The van der Waals surface area contributed by atoms with E-state index in [4.69, 9.17) is 5.73 Å². The van der Waals surface area contributed by atoms with Gasteiger partial charge in [-0.25, -0.2) is 0 Å². The number of anilines is 1. The molecule has 0 aliphatic rings. The molecule has 0 bridgehead atoms. The summed E-state index contributed by atoms with van der Waals surface area (Å²) in [6, 6.07) is 16.2. The van der Waals surface area contributed by atoms with Gasteiger partial charge in [0.15, 0.2) is 5.82 Å². The molecule has 0 unspecified atom stereocenters. The summed E-state index contributed by atoms with van der Waals surface area (Å²) in [6.45, 7) is 2.07. The standard InChI is InChI=1S/C16H14BrN3/c1-10-12(8-5-9-13(10)17)15-14(16(18)20-19-15)11-6-3-2-4-7-11/h2-9H,1H3,(H3,18,19,20). The van der Waals surface area contributed by atoms with Crippen LogP contribution >= 0.6 is 15.9 Å². The molecule has 0 aliphatic heterocycles. The van der Waals surface area contributed by atoms with E-state index in [1.807, 2.05) is 42.5 Å². The van der Waals surface area contributed by atoms with Crippen molar-refractivity contribution in [3.05, 3.63) is 58.6 Å². The predicted molar refractivity (Wildman–Crippen MR) is 86.3 cm³/mol. The Labute approximate surface area is 126 Å². The van der Waals surface area contributed by atoms with E-state index < -0.39 is 0 Å². The average Bonchev–Trinajstić information content (AvgIpc) is 2.84. The summed E-state index contributed by atoms with van der Waals surface area (Å²) >= 11 is 3.57. The van der Waals surface area contributed by atoms with Gasteiger partial charge in [-0.3, -0.25) is 5.10 Å². The number of halogens is 1. The van der Waals surface area contributed by atoms with Gasteiger partial charge in [0.1, 0.15) is 0 Å². The first kappa shape index (κ1) is 12.9. The smallest absolute Gasteiger partial charge is 0.153 e. The molecule has 0 aliphatic carbocycles. The van der Waals surface area contributed by atoms with E-state index >= 15 is 0 Å². The van der Waals surface area contributed by atoms with Crippen molar-refractivity contribution < 1.29 is 0 Å². The van der Waals surface area contributed by atoms with Crippen molar-refractivity contribution in [2.24, 2.45) is 0 Å². The highest BCUT2D eigenvalue weighted by Gasteiger charge is 2.16. The molecule has 100 valence electrons. The lowest BCUT2D eigenvalue weighted by atomic mass is 9.98. The molecule has 3 rings (SSSR count). The molecule has 3 nitrogen and oxygen atoms in total. The number of nitrogens with zero attached hydrogens (tertiary/aromatic N) is 1. The van der Waals surface area contributed by atoms with Gasteiger partial charge in [-0.05, 0) is 24.1 Å². The van der Waals surface area contributed by atoms with E-state index in [0.29, 0.717) is 5.82 Å². The largest absolute Gasteiger partial charge is 0.382 e. The van der Waals surface area contributed by atoms with Crippen LogP contribution in [0.4, 0.5) is 5.82 Å². The van der Waals surface area contributed by atoms with Crippen LogP contribution in [0, 0.1) is 6.92 Å². The molecule has 3 N–H and O–H groups in total. The quantitative estimate of drug-likeness (QED) is 0.733. The van der Waals surface area contributed by atoms with E-state index in [2.05, 4.69) is 39.1 Å². The third kappa shape index (κ3) is 2.12. The van der Waals surface area contributed by atoms with E-state index in [1.165, 1.54) is 0 Å². The first-order valence-electron chi connectivity index (χ1n) is 6.33. The van der Waals surface area contributed by atoms with Crippen LogP contribution < -0.4 is 5.73 Å². The number of aromatic amines is 1. The second-order valence-corrected chi connectivity index (χ2v) is 5.49. The van der Waals surface area contributed by atoms with Crippen molar-refractivity contribution in [2.75, 3.05) is 5.73 Å². The van der Waals surface area contributed by atoms with Crippen LogP contribution in [0.1, 0.15) is 5.56 Å². The summed E-state index contributed by atoms with van der Waals surface area (Å²) in [6.07, 6.45) is 0. The summed E-state index contributed by atoms with van der Waals surface area (Å²) in [4.78, 5) is 0. The Hall–Kier alpha value is -2.07. The van der Waals surface area contributed by atoms with Crippen LogP contribution in [0.2, 0.25) is 0 Å². The summed E-state index contributed by atoms with van der Waals surface area (Å²) in [5.74, 6) is 0.519. The van der Waals surface area contributed by atoms with Gasteiger partial charge in [0, 0.05) is 10.0 Å². The van der Waals surface area contributed by atoms with Gasteiger partial charge >= 0.3 is 0 Å². The molecule has 0 amide bonds. The third-order valence-corrected chi connectivity index (χ3v) is 4.25. The Balaban J connectivity index is 2.24. The van der Waals surface area contributed by atoms with E-state index in [-0.39, 0.29) is 0 Å². The summed E-state index contributed by atoms with van der Waals surface area (Å²) in [7, 11) is 0. The highest BCUT2D eigenvalue weighted by atomic mass is 79.9. The Kier molecular flexibility index (Phi) is 3.32. The maximum absolute atomic E-state index is 6.04. The highest BCUT2D eigenvalue weighted by Crippen LogP contribution is 2.37. The van der Waals surface area contributed by atoms with Gasteiger partial charge in [0.25, 0.3) is 0 Å². The zero-order chi connectivity index (χ0) is 14.1. The number of aromatic nitrogens is 2. The molecule has 0 saturated heterocycles. The van der Waals surface area contributed by atoms with Crippen molar-refractivity contribution in [1.29, 1.82) is 0 Å². The Bertz CT molecular complexity index is 748. The number of hydrogen-bond acceptors (Lipinski definition) is 2. The summed E-state index contributed by atoms with van der Waals surface area (Å²) < 4.78 is 1.07. The molecule has 0 fully saturated rings. The Morgan fingerprint density at radius 1 is 1.05 bits per heavy atom. The molecule has 0 saturated carbocycles. The normalized spacial score (nSPS) is 10.7. The minimum absolute atomic E-state index is 0.519. The van der Waals surface area contributed by atoms with Crippen LogP contribution in [0.25, 0.3) is 22.4 Å². The maximum atomic E-state index is 6.04. The number of benzene rings is 2. The number of hydrogen-bond donors (Lipinski definition) is 2. The zero-order valence-electron chi connectivity index (χ0n) is 11.0. The molecule has 4 heteroatoms. The fourth-order valence-corrected chi connectivity index (χ4v) is 2.69. The number of nitrogens with one attached hydrogen (secondary N) is 1. The van der Waals surface area contributed by atoms with Gasteiger partial charge in [-0.15, -0.1) is 0 Å². The third-order valence-electron chi connectivity index (χ3n) is 3.39. The second kappa shape index (κ2) is 5.13. The van der Waals surface area contributed by atoms with Gasteiger partial charge in [-0.1, -0.05) is 58.4 Å². The molecular formula is C16H14BrN3. The van der Waals surface area contributed by atoms with Crippen molar-refractivity contribution in [3.63, 3.8) is 0 Å². The van der Waals surface area contributed by atoms with Crippen molar-refractivity contribution >= 4 is 21.7 Å². The monoisotopic (exact) mass is 327 g/mol. The van der Waals surface area contributed by atoms with E-state index in [0.717, 1.165) is 32.4 Å². The highest BCUT2D eigenvalue weighted by molar-refractivity contribution is 9.10. The molecule has 0 spiro atoms. The minimum Gasteiger partial charge on any atom is -0.382 e. The van der Waals surface area contributed by atoms with Crippen molar-refractivity contribution in [3.8, 4) is 22.4 Å². The van der Waals surface area contributed by atoms with E-state index in [1.54, 1.807) is 0 Å². The van der Waals surface area contributed by atoms with Gasteiger partial charge < -0.3 is 5.73 Å². The van der Waals surface area contributed by atoms with Crippen molar-refractivity contribution in [2.45, 2.75) is 6.92 Å². The van der Waals surface area contributed by atoms with Gasteiger partial charge in [-0.2, -0.15) is 5.10 Å². The molecule has 2 aromatic carbocycles. The lowest BCUT2D eigenvalue weighted by Crippen LogP contribution is -1.90. The number of H-pyrrole nitrogens is 1. The van der Waals surface area contributed by atoms with Crippen LogP contribution in [-0.4, -0.2) is 10.2 Å². The molecule has 1 heterocycles. The van der Waals surface area contributed by atoms with Crippen LogP contribution in [0.15, 0.2) is 53.0 Å². The molecule has 0 atom stereocenters. The Morgan fingerprint density at radius 2 is 1.80 bits per heavy atom. The second-order valence-electron chi connectivity index (χ2n) is 4.64. The predicted octanol–water partition coefficient (Wildman–Crippen LogP) is 4.40. The topological polar surface area (TPSA) is 54.7 Å². The lowest BCUT2D eigenvalue weighted by molar-refractivity contribution is 1.10. The van der Waals surface area contributed by atoms with E-state index in [9.17, 15) is 0 Å². The molecular weight excluding hydrogens is 314 g/mol. The van der Waals surface area contributed by atoms with Crippen LogP contribution in [0.3, 0.4) is 0 Å². The summed E-state index contributed by atoms with van der Waals surface area (Å²) in [5, 5.41) is 7.24. The number of rotatable bonds is 2. The fourth-order valence-electron chi connectivity index (χ4n) is 2.33. The average molecular weight is 328 g/mol. The van der Waals surface area contributed by atoms with Gasteiger partial charge in [0.05, 0.1) is 11.3 Å².